The number of hydrogen-bond acceptors (Lipinski definition) is 7. The van der Waals surface area contributed by atoms with Crippen LogP contribution in [0, 0.1) is 0 Å². The number of hydrogen-bond donors (Lipinski definition) is 0. The number of halogens is 1. The molecule has 1 aromatic carbocycles. The highest BCUT2D eigenvalue weighted by molar-refractivity contribution is 9.10. The van der Waals surface area contributed by atoms with Crippen LogP contribution >= 0.6 is 15.9 Å². The van der Waals surface area contributed by atoms with E-state index >= 15 is 0 Å². The number of methoxy groups -OCH3 is 1. The van der Waals surface area contributed by atoms with Gasteiger partial charge in [-0.3, -0.25) is 4.90 Å². The molecule has 4 rings (SSSR count). The number of ether oxygens (including phenoxy) is 1. The van der Waals surface area contributed by atoms with Gasteiger partial charge in [-0.1, -0.05) is 21.1 Å². The fraction of sp³-hybridized carbons (Fsp3) is 0.450. The van der Waals surface area contributed by atoms with Gasteiger partial charge < -0.3 is 14.2 Å². The predicted molar refractivity (Wildman–Crippen MR) is 111 cm³/mol. The highest BCUT2D eigenvalue weighted by atomic mass is 79.9. The summed E-state index contributed by atoms with van der Waals surface area (Å²) in [7, 11) is 1.64. The van der Waals surface area contributed by atoms with Gasteiger partial charge in [-0.25, -0.2) is 4.98 Å². The van der Waals surface area contributed by atoms with E-state index in [9.17, 15) is 0 Å². The molecular weight excluding hydrogens is 422 g/mol. The Hall–Kier alpha value is -2.03. The Bertz CT molecular complexity index is 947. The third-order valence-corrected chi connectivity index (χ3v) is 5.60. The van der Waals surface area contributed by atoms with Gasteiger partial charge in [0.1, 0.15) is 11.9 Å². The third-order valence-electron chi connectivity index (χ3n) is 5.11. The quantitative estimate of drug-likeness (QED) is 0.591. The molecule has 0 saturated carbocycles. The summed E-state index contributed by atoms with van der Waals surface area (Å²) in [4.78, 5) is 14.0. The van der Waals surface area contributed by atoms with Crippen molar-refractivity contribution >= 4 is 32.7 Å². The minimum Gasteiger partial charge on any atom is -0.374 e. The highest BCUT2D eigenvalue weighted by Crippen LogP contribution is 2.23. The molecule has 148 valence electrons. The molecule has 1 fully saturated rings. The van der Waals surface area contributed by atoms with Crippen LogP contribution in [0.25, 0.3) is 10.9 Å². The van der Waals surface area contributed by atoms with Crippen LogP contribution in [0.2, 0.25) is 0 Å². The van der Waals surface area contributed by atoms with E-state index in [4.69, 9.17) is 14.2 Å². The molecule has 28 heavy (non-hydrogen) atoms. The molecule has 0 N–H and O–H groups in total. The second-order valence-electron chi connectivity index (χ2n) is 7.05. The molecular formula is C20H24BrN5O2. The summed E-state index contributed by atoms with van der Waals surface area (Å²) in [5, 5.41) is 5.16. The largest absolute Gasteiger partial charge is 0.374 e. The lowest BCUT2D eigenvalue weighted by Gasteiger charge is -2.22. The van der Waals surface area contributed by atoms with Crippen molar-refractivity contribution < 1.29 is 9.26 Å². The van der Waals surface area contributed by atoms with Crippen LogP contribution in [0.3, 0.4) is 0 Å². The van der Waals surface area contributed by atoms with Crippen molar-refractivity contribution in [2.75, 3.05) is 38.2 Å². The molecule has 1 aliphatic heterocycles. The third kappa shape index (κ3) is 4.34. The van der Waals surface area contributed by atoms with Crippen LogP contribution in [-0.2, 0) is 11.3 Å². The van der Waals surface area contributed by atoms with Crippen LogP contribution in [-0.4, -0.2) is 53.3 Å². The minimum atomic E-state index is -0.156. The summed E-state index contributed by atoms with van der Waals surface area (Å²) in [6.07, 6.45) is 0.909. The average molecular weight is 446 g/mol. The summed E-state index contributed by atoms with van der Waals surface area (Å²) in [5.41, 5.74) is 1.02. The molecule has 3 heterocycles. The first kappa shape index (κ1) is 19.3. The molecule has 0 aliphatic carbocycles. The number of benzene rings is 1. The topological polar surface area (TPSA) is 67.5 Å². The monoisotopic (exact) mass is 445 g/mol. The van der Waals surface area contributed by atoms with Crippen molar-refractivity contribution in [3.63, 3.8) is 0 Å². The molecule has 0 radical (unpaired) electrons. The van der Waals surface area contributed by atoms with Crippen molar-refractivity contribution in [3.8, 4) is 0 Å². The maximum Gasteiger partial charge on any atom is 0.240 e. The van der Waals surface area contributed by atoms with E-state index in [0.29, 0.717) is 18.3 Å². The number of rotatable bonds is 5. The Balaban J connectivity index is 1.41. The molecule has 1 atom stereocenters. The van der Waals surface area contributed by atoms with Gasteiger partial charge in [0, 0.05) is 43.1 Å². The number of fused-ring (bicyclic) bond motifs is 1. The zero-order valence-corrected chi connectivity index (χ0v) is 17.7. The molecule has 2 aromatic heterocycles. The van der Waals surface area contributed by atoms with Crippen molar-refractivity contribution in [1.29, 1.82) is 0 Å². The second kappa shape index (κ2) is 8.55. The lowest BCUT2D eigenvalue weighted by Crippen LogP contribution is -2.31. The molecule has 8 heteroatoms. The van der Waals surface area contributed by atoms with Gasteiger partial charge in [0.05, 0.1) is 12.1 Å². The average Bonchev–Trinajstić information content (AvgIpc) is 3.05. The van der Waals surface area contributed by atoms with Crippen LogP contribution in [0.1, 0.15) is 31.2 Å². The summed E-state index contributed by atoms with van der Waals surface area (Å²) in [5.74, 6) is 2.27. The first-order chi connectivity index (χ1) is 13.6. The Morgan fingerprint density at radius 2 is 2.04 bits per heavy atom. The van der Waals surface area contributed by atoms with E-state index in [0.717, 1.165) is 53.8 Å². The van der Waals surface area contributed by atoms with Crippen molar-refractivity contribution in [2.45, 2.75) is 26.0 Å². The van der Waals surface area contributed by atoms with E-state index in [-0.39, 0.29) is 6.10 Å². The van der Waals surface area contributed by atoms with Crippen molar-refractivity contribution in [3.05, 3.63) is 46.5 Å². The predicted octanol–water partition coefficient (Wildman–Crippen LogP) is 3.80. The SMILES string of the molecule is COC(C)c1noc(CN2CCCN(c3ccc4cc(Br)ccc4n3)CC2)n1. The fourth-order valence-corrected chi connectivity index (χ4v) is 3.79. The number of pyridine rings is 1. The Labute approximate surface area is 172 Å². The number of anilines is 1. The van der Waals surface area contributed by atoms with Crippen LogP contribution in [0.5, 0.6) is 0 Å². The first-order valence-electron chi connectivity index (χ1n) is 9.51. The molecule has 0 bridgehead atoms. The van der Waals surface area contributed by atoms with Gasteiger partial charge in [-0.15, -0.1) is 0 Å². The highest BCUT2D eigenvalue weighted by Gasteiger charge is 2.19. The van der Waals surface area contributed by atoms with Crippen LogP contribution in [0.15, 0.2) is 39.3 Å². The van der Waals surface area contributed by atoms with Gasteiger partial charge in [0.15, 0.2) is 5.82 Å². The van der Waals surface area contributed by atoms with Gasteiger partial charge in [-0.2, -0.15) is 4.98 Å². The van der Waals surface area contributed by atoms with Gasteiger partial charge in [-0.05, 0) is 43.7 Å². The zero-order chi connectivity index (χ0) is 19.5. The molecule has 0 spiro atoms. The number of nitrogens with zero attached hydrogens (tertiary/aromatic N) is 5. The van der Waals surface area contributed by atoms with Crippen molar-refractivity contribution in [2.24, 2.45) is 0 Å². The molecule has 7 nitrogen and oxygen atoms in total. The summed E-state index contributed by atoms with van der Waals surface area (Å²) < 4.78 is 11.7. The molecule has 3 aromatic rings. The normalized spacial score (nSPS) is 17.0. The summed E-state index contributed by atoms with van der Waals surface area (Å²) in [6, 6.07) is 10.4. The summed E-state index contributed by atoms with van der Waals surface area (Å²) >= 11 is 3.52. The minimum absolute atomic E-state index is 0.156. The van der Waals surface area contributed by atoms with E-state index in [1.807, 2.05) is 13.0 Å². The molecule has 1 saturated heterocycles. The smallest absolute Gasteiger partial charge is 0.240 e. The maximum atomic E-state index is 5.39. The Kier molecular flexibility index (Phi) is 5.89. The Morgan fingerprint density at radius 3 is 2.89 bits per heavy atom. The van der Waals surface area contributed by atoms with E-state index < -0.39 is 0 Å². The van der Waals surface area contributed by atoms with E-state index in [1.165, 1.54) is 0 Å². The summed E-state index contributed by atoms with van der Waals surface area (Å²) in [6.45, 7) is 6.40. The first-order valence-corrected chi connectivity index (χ1v) is 10.3. The van der Waals surface area contributed by atoms with Crippen LogP contribution in [0.4, 0.5) is 5.82 Å². The maximum absolute atomic E-state index is 5.39. The van der Waals surface area contributed by atoms with Gasteiger partial charge in [0.25, 0.3) is 0 Å². The standard InChI is InChI=1S/C20H24BrN5O2/c1-14(27-2)20-23-19(28-24-20)13-25-8-3-9-26(11-10-25)18-7-4-15-12-16(21)5-6-17(15)22-18/h4-7,12,14H,3,8-11,13H2,1-2H3. The molecule has 0 amide bonds. The van der Waals surface area contributed by atoms with Gasteiger partial charge in [0.2, 0.25) is 5.89 Å². The van der Waals surface area contributed by atoms with E-state index in [1.54, 1.807) is 7.11 Å². The zero-order valence-electron chi connectivity index (χ0n) is 16.1. The fourth-order valence-electron chi connectivity index (χ4n) is 3.41. The molecule has 1 unspecified atom stereocenters. The number of aromatic nitrogens is 3. The van der Waals surface area contributed by atoms with Crippen molar-refractivity contribution in [1.82, 2.24) is 20.0 Å². The lowest BCUT2D eigenvalue weighted by atomic mass is 10.2. The lowest BCUT2D eigenvalue weighted by molar-refractivity contribution is 0.109. The Morgan fingerprint density at radius 1 is 1.14 bits per heavy atom. The van der Waals surface area contributed by atoms with Crippen LogP contribution < -0.4 is 4.90 Å². The molecule has 1 aliphatic rings. The second-order valence-corrected chi connectivity index (χ2v) is 7.96. The van der Waals surface area contributed by atoms with Gasteiger partial charge >= 0.3 is 0 Å². The van der Waals surface area contributed by atoms with E-state index in [2.05, 4.69) is 60.1 Å².